The summed E-state index contributed by atoms with van der Waals surface area (Å²) in [7, 11) is -1.84. The molecule has 5 aliphatic rings. The molecular formula is C36H48F2N4O4S. The van der Waals surface area contributed by atoms with Crippen LogP contribution in [0, 0.1) is 17.7 Å². The average molecular weight is 671 g/mol. The van der Waals surface area contributed by atoms with Crippen LogP contribution in [0.4, 0.5) is 19.3 Å². The van der Waals surface area contributed by atoms with Crippen molar-refractivity contribution in [1.82, 2.24) is 15.1 Å². The molecule has 2 saturated carbocycles. The van der Waals surface area contributed by atoms with Gasteiger partial charge in [-0.25, -0.2) is 22.0 Å². The predicted molar refractivity (Wildman–Crippen MR) is 178 cm³/mol. The van der Waals surface area contributed by atoms with Gasteiger partial charge in [0, 0.05) is 30.2 Å². The van der Waals surface area contributed by atoms with Crippen LogP contribution >= 0.6 is 0 Å². The maximum atomic E-state index is 16.0. The number of hydrogen-bond donors (Lipinski definition) is 1. The number of benzene rings is 2. The molecule has 2 aromatic carbocycles. The molecule has 8 nitrogen and oxygen atoms in total. The number of amides is 1. The summed E-state index contributed by atoms with van der Waals surface area (Å²) in [6.07, 6.45) is 6.78. The number of ether oxygens (including phenoxy) is 1. The zero-order valence-corrected chi connectivity index (χ0v) is 28.2. The van der Waals surface area contributed by atoms with Gasteiger partial charge in [0.05, 0.1) is 30.3 Å². The number of rotatable bonds is 11. The van der Waals surface area contributed by atoms with Crippen LogP contribution in [-0.4, -0.2) is 101 Å². The van der Waals surface area contributed by atoms with E-state index in [-0.39, 0.29) is 47.4 Å². The Bertz CT molecular complexity index is 1540. The average Bonchev–Trinajstić information content (AvgIpc) is 3.80. The van der Waals surface area contributed by atoms with Crippen LogP contribution in [0.15, 0.2) is 53.4 Å². The van der Waals surface area contributed by atoms with E-state index in [4.69, 9.17) is 4.74 Å². The molecule has 0 radical (unpaired) electrons. The fourth-order valence-electron chi connectivity index (χ4n) is 9.08. The van der Waals surface area contributed by atoms with E-state index >= 15 is 4.39 Å². The number of nitrogens with zero attached hydrogens (tertiary/aromatic N) is 3. The van der Waals surface area contributed by atoms with Crippen LogP contribution in [-0.2, 0) is 20.0 Å². The van der Waals surface area contributed by atoms with Gasteiger partial charge in [-0.05, 0) is 125 Å². The summed E-state index contributed by atoms with van der Waals surface area (Å²) in [4.78, 5) is 19.5. The van der Waals surface area contributed by atoms with E-state index < -0.39 is 21.6 Å². The van der Waals surface area contributed by atoms with Crippen molar-refractivity contribution in [2.75, 3.05) is 64.4 Å². The molecule has 3 atom stereocenters. The van der Waals surface area contributed by atoms with Crippen LogP contribution < -0.4 is 10.2 Å². The third-order valence-corrected chi connectivity index (χ3v) is 14.0. The van der Waals surface area contributed by atoms with Crippen molar-refractivity contribution in [3.63, 3.8) is 0 Å². The Hall–Kier alpha value is -2.76. The zero-order chi connectivity index (χ0) is 32.8. The van der Waals surface area contributed by atoms with Gasteiger partial charge in [0.2, 0.25) is 0 Å². The molecule has 47 heavy (non-hydrogen) atoms. The molecule has 0 aromatic heterocycles. The van der Waals surface area contributed by atoms with Gasteiger partial charge >= 0.3 is 6.09 Å². The van der Waals surface area contributed by atoms with E-state index in [0.717, 1.165) is 95.3 Å². The molecule has 3 heterocycles. The van der Waals surface area contributed by atoms with Crippen molar-refractivity contribution in [3.05, 3.63) is 59.9 Å². The molecule has 1 N–H and O–H groups in total. The fourth-order valence-corrected chi connectivity index (χ4v) is 10.7. The monoisotopic (exact) mass is 670 g/mol. The van der Waals surface area contributed by atoms with Gasteiger partial charge in [0.15, 0.2) is 15.5 Å². The molecule has 2 aliphatic carbocycles. The topological polar surface area (TPSA) is 82.2 Å². The lowest BCUT2D eigenvalue weighted by Gasteiger charge is -2.54. The van der Waals surface area contributed by atoms with E-state index in [1.807, 2.05) is 11.0 Å². The number of anilines is 1. The second-order valence-corrected chi connectivity index (χ2v) is 17.0. The summed E-state index contributed by atoms with van der Waals surface area (Å²) in [5.74, 6) is 0.153. The number of alkyl halides is 1. The normalized spacial score (nSPS) is 26.7. The van der Waals surface area contributed by atoms with E-state index in [1.54, 1.807) is 30.3 Å². The Morgan fingerprint density at radius 3 is 2.30 bits per heavy atom. The highest BCUT2D eigenvalue weighted by Crippen LogP contribution is 2.51. The minimum absolute atomic E-state index is 0.0528. The first-order chi connectivity index (χ1) is 22.6. The zero-order valence-electron chi connectivity index (χ0n) is 27.4. The number of piperidine rings is 1. The van der Waals surface area contributed by atoms with Crippen LogP contribution in [0.5, 0.6) is 0 Å². The maximum absolute atomic E-state index is 16.0. The Balaban J connectivity index is 1.05. The number of carbonyl (C=O) groups is 1. The molecular weight excluding hydrogens is 622 g/mol. The molecule has 11 heteroatoms. The van der Waals surface area contributed by atoms with Crippen LogP contribution in [0.3, 0.4) is 0 Å². The molecule has 0 unspecified atom stereocenters. The standard InChI is InChI=1S/C36H48F2N4O4S/c1-46-34(43)39-33-8-3-7-32(33)36(25-40-17-4-18-40,27-5-2-6-28(37)21-27)26-15-19-41(20-16-26)22-35(38)23-42(24-35)29-9-11-30(12-10-29)47(44,45)31-13-14-31/h2,5-6,9-12,21,26,31-33H,3-4,7-8,13-20,22-25H2,1H3,(H,39,43)/t32-,33-,36-/m0/s1. The number of likely N-dealkylation sites (tertiary alicyclic amines) is 2. The van der Waals surface area contributed by atoms with E-state index in [1.165, 1.54) is 13.2 Å². The lowest BCUT2D eigenvalue weighted by atomic mass is 9.57. The maximum Gasteiger partial charge on any atom is 0.407 e. The van der Waals surface area contributed by atoms with Crippen molar-refractivity contribution in [2.45, 2.75) is 78.6 Å². The van der Waals surface area contributed by atoms with E-state index in [0.29, 0.717) is 11.4 Å². The Morgan fingerprint density at radius 2 is 1.68 bits per heavy atom. The highest BCUT2D eigenvalue weighted by Gasteiger charge is 2.54. The van der Waals surface area contributed by atoms with Gasteiger partial charge in [0.25, 0.3) is 0 Å². The van der Waals surface area contributed by atoms with Crippen molar-refractivity contribution < 1.29 is 26.7 Å². The summed E-state index contributed by atoms with van der Waals surface area (Å²) in [6.45, 7) is 5.34. The van der Waals surface area contributed by atoms with Gasteiger partial charge in [-0.1, -0.05) is 18.6 Å². The predicted octanol–water partition coefficient (Wildman–Crippen LogP) is 5.17. The summed E-state index contributed by atoms with van der Waals surface area (Å²) < 4.78 is 61.1. The first-order valence-electron chi connectivity index (χ1n) is 17.4. The third-order valence-electron chi connectivity index (χ3n) is 11.7. The van der Waals surface area contributed by atoms with Gasteiger partial charge in [-0.15, -0.1) is 0 Å². The van der Waals surface area contributed by atoms with Crippen molar-refractivity contribution in [1.29, 1.82) is 0 Å². The fraction of sp³-hybridized carbons (Fsp3) is 0.639. The number of nitrogens with one attached hydrogen (secondary N) is 1. The second-order valence-electron chi connectivity index (χ2n) is 14.8. The number of alkyl carbamates (subject to hydrolysis) is 1. The van der Waals surface area contributed by atoms with Crippen LogP contribution in [0.25, 0.3) is 0 Å². The SMILES string of the molecule is COC(=O)N[C@H]1CCC[C@@H]1[C@](CN1CCC1)(c1cccc(F)c1)C1CCN(CC2(F)CN(c3ccc(S(=O)(=O)C4CC4)cc3)C2)CC1. The van der Waals surface area contributed by atoms with E-state index in [2.05, 4.69) is 21.2 Å². The second kappa shape index (κ2) is 12.9. The molecule has 0 bridgehead atoms. The van der Waals surface area contributed by atoms with Crippen LogP contribution in [0.1, 0.15) is 56.9 Å². The molecule has 3 aliphatic heterocycles. The first kappa shape index (κ1) is 32.8. The molecule has 7 rings (SSSR count). The van der Waals surface area contributed by atoms with Gasteiger partial charge < -0.3 is 19.9 Å². The number of hydrogen-bond acceptors (Lipinski definition) is 7. The number of sulfone groups is 1. The highest BCUT2D eigenvalue weighted by atomic mass is 32.2. The molecule has 256 valence electrons. The van der Waals surface area contributed by atoms with Crippen LogP contribution in [0.2, 0.25) is 0 Å². The Morgan fingerprint density at radius 1 is 0.957 bits per heavy atom. The summed E-state index contributed by atoms with van der Waals surface area (Å²) >= 11 is 0. The van der Waals surface area contributed by atoms with Gasteiger partial charge in [0.1, 0.15) is 5.82 Å². The largest absolute Gasteiger partial charge is 0.453 e. The van der Waals surface area contributed by atoms with Crippen molar-refractivity contribution in [3.8, 4) is 0 Å². The lowest BCUT2D eigenvalue weighted by Crippen LogP contribution is -2.65. The Labute approximate surface area is 277 Å². The number of methoxy groups -OCH3 is 1. The quantitative estimate of drug-likeness (QED) is 0.354. The summed E-state index contributed by atoms with van der Waals surface area (Å²) in [5.41, 5.74) is 0.184. The van der Waals surface area contributed by atoms with Gasteiger partial charge in [-0.2, -0.15) is 0 Å². The number of halogens is 2. The summed E-state index contributed by atoms with van der Waals surface area (Å²) in [5, 5.41) is 2.89. The smallest absolute Gasteiger partial charge is 0.407 e. The summed E-state index contributed by atoms with van der Waals surface area (Å²) in [6, 6.07) is 14.0. The molecule has 5 fully saturated rings. The molecule has 3 saturated heterocycles. The van der Waals surface area contributed by atoms with E-state index in [9.17, 15) is 17.6 Å². The third kappa shape index (κ3) is 6.52. The minimum Gasteiger partial charge on any atom is -0.453 e. The molecule has 0 spiro atoms. The van der Waals surface area contributed by atoms with Crippen molar-refractivity contribution in [2.24, 2.45) is 11.8 Å². The minimum atomic E-state index is -3.24. The Kier molecular flexibility index (Phi) is 9.02. The van der Waals surface area contributed by atoms with Gasteiger partial charge in [-0.3, -0.25) is 4.90 Å². The first-order valence-corrected chi connectivity index (χ1v) is 19.0. The lowest BCUT2D eigenvalue weighted by molar-refractivity contribution is 0.00584. The molecule has 1 amide bonds. The highest BCUT2D eigenvalue weighted by molar-refractivity contribution is 7.92. The number of carbonyl (C=O) groups excluding carboxylic acids is 1. The van der Waals surface area contributed by atoms with Crippen molar-refractivity contribution >= 4 is 21.6 Å². The molecule has 2 aromatic rings.